The van der Waals surface area contributed by atoms with Gasteiger partial charge >= 0.3 is 0 Å². The van der Waals surface area contributed by atoms with Gasteiger partial charge in [0.15, 0.2) is 5.82 Å². The lowest BCUT2D eigenvalue weighted by molar-refractivity contribution is 1.01. The number of nitrogens with two attached hydrogens (primary N) is 1. The number of benzene rings is 1. The summed E-state index contributed by atoms with van der Waals surface area (Å²) in [7, 11) is 0. The van der Waals surface area contributed by atoms with Crippen molar-refractivity contribution in [3.05, 3.63) is 41.9 Å². The second-order valence-corrected chi connectivity index (χ2v) is 4.29. The highest BCUT2D eigenvalue weighted by molar-refractivity contribution is 5.82. The number of hydrogen-bond acceptors (Lipinski definition) is 4. The van der Waals surface area contributed by atoms with Gasteiger partial charge in [-0.15, -0.1) is 0 Å². The molecule has 0 saturated carbocycles. The maximum Gasteiger partial charge on any atom is 0.207 e. The number of nitrogens with zero attached hydrogens (tertiary/aromatic N) is 4. The number of aryl methyl sites for hydroxylation is 2. The van der Waals surface area contributed by atoms with Crippen molar-refractivity contribution in [2.45, 2.75) is 13.8 Å². The molecule has 5 nitrogen and oxygen atoms in total. The largest absolute Gasteiger partial charge is 0.369 e. The van der Waals surface area contributed by atoms with Crippen molar-refractivity contribution in [2.24, 2.45) is 0 Å². The van der Waals surface area contributed by atoms with E-state index in [9.17, 15) is 0 Å². The minimum Gasteiger partial charge on any atom is -0.369 e. The summed E-state index contributed by atoms with van der Waals surface area (Å²) in [4.78, 5) is 12.7. The first kappa shape index (κ1) is 10.7. The number of rotatable bonds is 1. The molecular weight excluding hydrogens is 226 g/mol. The van der Waals surface area contributed by atoms with Crippen LogP contribution >= 0.6 is 0 Å². The molecule has 0 spiro atoms. The minimum absolute atomic E-state index is 0.426. The van der Waals surface area contributed by atoms with E-state index in [1.807, 2.05) is 10.6 Å². The Hall–Kier alpha value is -2.43. The van der Waals surface area contributed by atoms with Gasteiger partial charge in [-0.3, -0.25) is 9.55 Å². The highest BCUT2D eigenvalue weighted by atomic mass is 15.2. The molecule has 18 heavy (non-hydrogen) atoms. The van der Waals surface area contributed by atoms with E-state index in [0.29, 0.717) is 11.8 Å². The summed E-state index contributed by atoms with van der Waals surface area (Å²) in [6.45, 7) is 4.13. The van der Waals surface area contributed by atoms with E-state index in [-0.39, 0.29) is 0 Å². The van der Waals surface area contributed by atoms with Crippen molar-refractivity contribution >= 4 is 17.0 Å². The Morgan fingerprint density at radius 2 is 1.89 bits per heavy atom. The second-order valence-electron chi connectivity index (χ2n) is 4.29. The van der Waals surface area contributed by atoms with Gasteiger partial charge in [0.25, 0.3) is 0 Å². The van der Waals surface area contributed by atoms with Crippen LogP contribution in [0.5, 0.6) is 0 Å². The number of nitrogen functional groups attached to an aromatic ring is 1. The number of fused-ring (bicyclic) bond motifs is 1. The zero-order valence-electron chi connectivity index (χ0n) is 10.3. The molecule has 2 heterocycles. The van der Waals surface area contributed by atoms with Crippen molar-refractivity contribution in [3.8, 4) is 5.82 Å². The standard InChI is InChI=1S/C13H13N5/c1-8-5-10-11(6-9(8)2)18(13(14)17-10)12-7-15-3-4-16-12/h3-7H,1-2H3,(H2,14,17). The number of imidazole rings is 1. The molecule has 0 amide bonds. The van der Waals surface area contributed by atoms with Crippen molar-refractivity contribution in [1.82, 2.24) is 19.5 Å². The van der Waals surface area contributed by atoms with Gasteiger partial charge in [-0.25, -0.2) is 9.97 Å². The Bertz CT molecular complexity index is 715. The minimum atomic E-state index is 0.426. The summed E-state index contributed by atoms with van der Waals surface area (Å²) in [6, 6.07) is 4.11. The van der Waals surface area contributed by atoms with E-state index in [4.69, 9.17) is 5.73 Å². The highest BCUT2D eigenvalue weighted by Gasteiger charge is 2.11. The molecule has 0 atom stereocenters. The molecule has 1 aromatic carbocycles. The molecule has 3 aromatic rings. The topological polar surface area (TPSA) is 69.6 Å². The zero-order chi connectivity index (χ0) is 12.7. The van der Waals surface area contributed by atoms with Crippen molar-refractivity contribution in [3.63, 3.8) is 0 Å². The van der Waals surface area contributed by atoms with Crippen LogP contribution in [0, 0.1) is 13.8 Å². The number of aromatic nitrogens is 4. The summed E-state index contributed by atoms with van der Waals surface area (Å²) < 4.78 is 1.81. The molecule has 0 saturated heterocycles. The normalized spacial score (nSPS) is 11.0. The molecular formula is C13H13N5. The van der Waals surface area contributed by atoms with Crippen LogP contribution in [-0.2, 0) is 0 Å². The average molecular weight is 239 g/mol. The monoisotopic (exact) mass is 239 g/mol. The zero-order valence-corrected chi connectivity index (χ0v) is 10.3. The first-order valence-corrected chi connectivity index (χ1v) is 5.68. The lowest BCUT2D eigenvalue weighted by Gasteiger charge is -2.05. The lowest BCUT2D eigenvalue weighted by atomic mass is 10.1. The summed E-state index contributed by atoms with van der Waals surface area (Å²) in [6.07, 6.45) is 4.95. The predicted octanol–water partition coefficient (Wildman–Crippen LogP) is 2.01. The van der Waals surface area contributed by atoms with E-state index in [1.54, 1.807) is 18.6 Å². The first-order valence-electron chi connectivity index (χ1n) is 5.68. The van der Waals surface area contributed by atoms with Crippen LogP contribution in [-0.4, -0.2) is 19.5 Å². The molecule has 0 fully saturated rings. The molecule has 2 N–H and O–H groups in total. The van der Waals surface area contributed by atoms with Gasteiger partial charge in [-0.2, -0.15) is 0 Å². The van der Waals surface area contributed by atoms with Crippen molar-refractivity contribution < 1.29 is 0 Å². The first-order chi connectivity index (χ1) is 8.66. The summed E-state index contributed by atoms with van der Waals surface area (Å²) >= 11 is 0. The summed E-state index contributed by atoms with van der Waals surface area (Å²) in [5, 5.41) is 0. The Kier molecular flexibility index (Phi) is 2.26. The van der Waals surface area contributed by atoms with Crippen LogP contribution in [0.15, 0.2) is 30.7 Å². The smallest absolute Gasteiger partial charge is 0.207 e. The molecule has 0 aliphatic heterocycles. The van der Waals surface area contributed by atoms with Crippen LogP contribution in [0.2, 0.25) is 0 Å². The number of anilines is 1. The molecule has 2 aromatic heterocycles. The van der Waals surface area contributed by atoms with E-state index in [2.05, 4.69) is 34.9 Å². The third-order valence-electron chi connectivity index (χ3n) is 3.07. The Labute approximate surface area is 104 Å². The van der Waals surface area contributed by atoms with Crippen LogP contribution in [0.3, 0.4) is 0 Å². The van der Waals surface area contributed by atoms with Gasteiger partial charge in [0.1, 0.15) is 0 Å². The summed E-state index contributed by atoms with van der Waals surface area (Å²) in [5.74, 6) is 1.11. The van der Waals surface area contributed by atoms with Crippen LogP contribution in [0.25, 0.3) is 16.9 Å². The van der Waals surface area contributed by atoms with Crippen molar-refractivity contribution in [1.29, 1.82) is 0 Å². The Morgan fingerprint density at radius 3 is 2.61 bits per heavy atom. The molecule has 90 valence electrons. The molecule has 0 aliphatic carbocycles. The fraction of sp³-hybridized carbons (Fsp3) is 0.154. The van der Waals surface area contributed by atoms with Crippen LogP contribution < -0.4 is 5.73 Å². The number of hydrogen-bond donors (Lipinski definition) is 1. The molecule has 0 bridgehead atoms. The van der Waals surface area contributed by atoms with Crippen LogP contribution in [0.4, 0.5) is 5.95 Å². The Balaban J connectivity index is 2.36. The van der Waals surface area contributed by atoms with Gasteiger partial charge < -0.3 is 5.73 Å². The van der Waals surface area contributed by atoms with E-state index >= 15 is 0 Å². The second kappa shape index (κ2) is 3.80. The van der Waals surface area contributed by atoms with E-state index < -0.39 is 0 Å². The van der Waals surface area contributed by atoms with Gasteiger partial charge in [-0.05, 0) is 37.1 Å². The predicted molar refractivity (Wildman–Crippen MR) is 70.5 cm³/mol. The molecule has 3 rings (SSSR count). The average Bonchev–Trinajstić information content (AvgIpc) is 2.66. The van der Waals surface area contributed by atoms with Gasteiger partial charge in [0.05, 0.1) is 17.2 Å². The fourth-order valence-electron chi connectivity index (χ4n) is 2.00. The third-order valence-corrected chi connectivity index (χ3v) is 3.07. The maximum atomic E-state index is 5.97. The van der Waals surface area contributed by atoms with E-state index in [0.717, 1.165) is 11.0 Å². The lowest BCUT2D eigenvalue weighted by Crippen LogP contribution is -2.03. The Morgan fingerprint density at radius 1 is 1.11 bits per heavy atom. The third kappa shape index (κ3) is 1.52. The molecule has 0 unspecified atom stereocenters. The van der Waals surface area contributed by atoms with Gasteiger partial charge in [0, 0.05) is 12.4 Å². The maximum absolute atomic E-state index is 5.97. The molecule has 0 aliphatic rings. The quantitative estimate of drug-likeness (QED) is 0.705. The SMILES string of the molecule is Cc1cc2nc(N)n(-c3cnccn3)c2cc1C. The fourth-order valence-corrected chi connectivity index (χ4v) is 2.00. The van der Waals surface area contributed by atoms with Gasteiger partial charge in [0.2, 0.25) is 5.95 Å². The van der Waals surface area contributed by atoms with Crippen LogP contribution in [0.1, 0.15) is 11.1 Å². The van der Waals surface area contributed by atoms with E-state index in [1.165, 1.54) is 11.1 Å². The van der Waals surface area contributed by atoms with Gasteiger partial charge in [-0.1, -0.05) is 0 Å². The molecule has 0 radical (unpaired) electrons. The summed E-state index contributed by atoms with van der Waals surface area (Å²) in [5.41, 5.74) is 10.2. The molecule has 5 heteroatoms. The van der Waals surface area contributed by atoms with Crippen molar-refractivity contribution in [2.75, 3.05) is 5.73 Å². The highest BCUT2D eigenvalue weighted by Crippen LogP contribution is 2.24.